The number of fused-ring (bicyclic) bond motifs is 1. The molecule has 4 amide bonds. The smallest absolute Gasteiger partial charge is 0.259 e. The molecule has 16 heteroatoms. The van der Waals surface area contributed by atoms with Gasteiger partial charge in [-0.15, -0.1) is 0 Å². The summed E-state index contributed by atoms with van der Waals surface area (Å²) in [6.07, 6.45) is 2.03. The number of pyridine rings is 1. The highest BCUT2D eigenvalue weighted by Gasteiger charge is 2.61. The highest BCUT2D eigenvalue weighted by Crippen LogP contribution is 2.44. The number of benzene rings is 2. The van der Waals surface area contributed by atoms with Gasteiger partial charge in [-0.2, -0.15) is 0 Å². The van der Waals surface area contributed by atoms with E-state index in [1.165, 1.54) is 25.3 Å². The van der Waals surface area contributed by atoms with Crippen LogP contribution in [-0.2, 0) is 24.4 Å². The summed E-state index contributed by atoms with van der Waals surface area (Å²) in [7, 11) is -0.807. The summed E-state index contributed by atoms with van der Waals surface area (Å²) in [5.41, 5.74) is -1.21. The van der Waals surface area contributed by atoms with Crippen LogP contribution in [0.15, 0.2) is 48.7 Å². The van der Waals surface area contributed by atoms with Crippen LogP contribution in [0.3, 0.4) is 0 Å². The number of amides is 4. The number of carbonyl (C=O) groups is 4. The molecule has 4 N–H and O–H groups in total. The van der Waals surface area contributed by atoms with Crippen molar-refractivity contribution >= 4 is 61.7 Å². The number of nitrogens with zero attached hydrogens (tertiary/aromatic N) is 2. The van der Waals surface area contributed by atoms with E-state index in [1.807, 2.05) is 20.8 Å². The minimum atomic E-state index is -3.86. The van der Waals surface area contributed by atoms with Crippen molar-refractivity contribution in [3.8, 4) is 11.6 Å². The van der Waals surface area contributed by atoms with Gasteiger partial charge >= 0.3 is 0 Å². The maximum atomic E-state index is 14.7. The SMILES string of the molecule is CNC(=O)c1cccc(NC(C(=O)N2C[C@H](Oc3ncc(OC)c4ccc(Cl)cc34)C[C@H]2C(=O)N[C@]2(C(=O)NS(=O)(=O)C3CC3)C[C@H]2C)C(C)(C)C)c1. The number of carbonyl (C=O) groups excluding carboxylic acids is 4. The van der Waals surface area contributed by atoms with E-state index in [-0.39, 0.29) is 37.1 Å². The highest BCUT2D eigenvalue weighted by molar-refractivity contribution is 7.91. The molecule has 1 saturated heterocycles. The minimum absolute atomic E-state index is 0.00988. The number of sulfonamides is 1. The van der Waals surface area contributed by atoms with Gasteiger partial charge in [0.25, 0.3) is 11.8 Å². The van der Waals surface area contributed by atoms with E-state index in [2.05, 4.69) is 25.7 Å². The summed E-state index contributed by atoms with van der Waals surface area (Å²) >= 11 is 6.35. The Labute approximate surface area is 313 Å². The second kappa shape index (κ2) is 14.3. The molecule has 0 bridgehead atoms. The first-order valence-corrected chi connectivity index (χ1v) is 19.5. The number of aromatic nitrogens is 1. The first-order valence-electron chi connectivity index (χ1n) is 17.5. The maximum absolute atomic E-state index is 14.7. The van der Waals surface area contributed by atoms with Crippen LogP contribution in [0.4, 0.5) is 5.69 Å². The molecule has 2 aromatic carbocycles. The number of nitrogens with one attached hydrogen (secondary N) is 4. The molecule has 0 radical (unpaired) electrons. The average molecular weight is 769 g/mol. The van der Waals surface area contributed by atoms with Crippen LogP contribution >= 0.6 is 11.6 Å². The van der Waals surface area contributed by atoms with Gasteiger partial charge < -0.3 is 30.3 Å². The normalized spacial score (nSPS) is 23.2. The van der Waals surface area contributed by atoms with E-state index in [0.29, 0.717) is 45.6 Å². The summed E-state index contributed by atoms with van der Waals surface area (Å²) in [6.45, 7) is 7.39. The van der Waals surface area contributed by atoms with Gasteiger partial charge in [-0.25, -0.2) is 13.4 Å². The van der Waals surface area contributed by atoms with Crippen LogP contribution < -0.4 is 30.1 Å². The zero-order valence-electron chi connectivity index (χ0n) is 30.5. The molecule has 0 spiro atoms. The summed E-state index contributed by atoms with van der Waals surface area (Å²) in [4.78, 5) is 60.7. The number of likely N-dealkylation sites (tertiary alicyclic amines) is 1. The van der Waals surface area contributed by atoms with E-state index < -0.39 is 62.1 Å². The van der Waals surface area contributed by atoms with Gasteiger partial charge in [-0.3, -0.25) is 23.9 Å². The van der Waals surface area contributed by atoms with Gasteiger partial charge in [0.15, 0.2) is 0 Å². The molecule has 5 atom stereocenters. The van der Waals surface area contributed by atoms with E-state index >= 15 is 0 Å². The lowest BCUT2D eigenvalue weighted by Crippen LogP contribution is -2.58. The largest absolute Gasteiger partial charge is 0.494 e. The Hall–Kier alpha value is -4.63. The molecule has 3 aromatic rings. The first kappa shape index (κ1) is 38.1. The first-order chi connectivity index (χ1) is 25.0. The van der Waals surface area contributed by atoms with E-state index in [9.17, 15) is 27.6 Å². The molecular weight excluding hydrogens is 724 g/mol. The molecule has 1 aliphatic heterocycles. The lowest BCUT2D eigenvalue weighted by Gasteiger charge is -2.36. The fourth-order valence-electron chi connectivity index (χ4n) is 6.79. The second-order valence-electron chi connectivity index (χ2n) is 15.1. The molecule has 2 aliphatic carbocycles. The van der Waals surface area contributed by atoms with Crippen LogP contribution in [0.25, 0.3) is 10.8 Å². The summed E-state index contributed by atoms with van der Waals surface area (Å²) in [6, 6.07) is 9.98. The Morgan fingerprint density at radius 1 is 1.08 bits per heavy atom. The number of rotatable bonds is 12. The maximum Gasteiger partial charge on any atom is 0.259 e. The third kappa shape index (κ3) is 7.86. The minimum Gasteiger partial charge on any atom is -0.494 e. The van der Waals surface area contributed by atoms with Crippen molar-refractivity contribution in [2.75, 3.05) is 26.0 Å². The quantitative estimate of drug-likeness (QED) is 0.212. The Morgan fingerprint density at radius 3 is 2.42 bits per heavy atom. The number of ether oxygens (including phenoxy) is 2. The molecule has 14 nitrogen and oxygen atoms in total. The monoisotopic (exact) mass is 768 g/mol. The van der Waals surface area contributed by atoms with Gasteiger partial charge in [0.05, 0.1) is 25.1 Å². The van der Waals surface area contributed by atoms with Crippen LogP contribution in [0.1, 0.15) is 63.7 Å². The number of hydrogen-bond donors (Lipinski definition) is 4. The van der Waals surface area contributed by atoms with E-state index in [4.69, 9.17) is 21.1 Å². The van der Waals surface area contributed by atoms with Gasteiger partial charge in [0, 0.05) is 40.5 Å². The molecule has 53 heavy (non-hydrogen) atoms. The molecule has 284 valence electrons. The molecule has 1 unspecified atom stereocenters. The van der Waals surface area contributed by atoms with Crippen molar-refractivity contribution in [2.24, 2.45) is 11.3 Å². The Morgan fingerprint density at radius 2 is 1.79 bits per heavy atom. The number of methoxy groups -OCH3 is 1. The Kier molecular flexibility index (Phi) is 10.3. The Bertz CT molecular complexity index is 2070. The fourth-order valence-corrected chi connectivity index (χ4v) is 8.32. The van der Waals surface area contributed by atoms with Gasteiger partial charge in [-0.1, -0.05) is 45.4 Å². The lowest BCUT2D eigenvalue weighted by atomic mass is 9.85. The summed E-state index contributed by atoms with van der Waals surface area (Å²) < 4.78 is 39.4. The average Bonchev–Trinajstić information content (AvgIpc) is 4.03. The zero-order chi connectivity index (χ0) is 38.5. The molecule has 2 heterocycles. The summed E-state index contributed by atoms with van der Waals surface area (Å²) in [5, 5.41) is 9.84. The van der Waals surface area contributed by atoms with Gasteiger partial charge in [0.2, 0.25) is 27.7 Å². The van der Waals surface area contributed by atoms with Crippen LogP contribution in [0.2, 0.25) is 5.02 Å². The van der Waals surface area contributed by atoms with Crippen molar-refractivity contribution in [3.05, 3.63) is 59.2 Å². The van der Waals surface area contributed by atoms with Crippen LogP contribution in [0, 0.1) is 11.3 Å². The third-order valence-electron chi connectivity index (χ3n) is 10.2. The zero-order valence-corrected chi connectivity index (χ0v) is 32.1. The predicted octanol–water partition coefficient (Wildman–Crippen LogP) is 3.63. The number of halogens is 1. The van der Waals surface area contributed by atoms with E-state index in [1.54, 1.807) is 49.4 Å². The molecule has 2 saturated carbocycles. The molecule has 3 aliphatic rings. The van der Waals surface area contributed by atoms with Gasteiger partial charge in [0.1, 0.15) is 29.5 Å². The Balaban J connectivity index is 1.31. The highest BCUT2D eigenvalue weighted by atomic mass is 35.5. The van der Waals surface area contributed by atoms with Crippen LogP contribution in [-0.4, -0.2) is 91.6 Å². The molecule has 1 aromatic heterocycles. The van der Waals surface area contributed by atoms with Crippen molar-refractivity contribution in [2.45, 2.75) is 82.4 Å². The number of hydrogen-bond acceptors (Lipinski definition) is 10. The van der Waals surface area contributed by atoms with Crippen molar-refractivity contribution in [1.29, 1.82) is 0 Å². The van der Waals surface area contributed by atoms with Crippen LogP contribution in [0.5, 0.6) is 11.6 Å². The topological polar surface area (TPSA) is 185 Å². The molecule has 6 rings (SSSR count). The fraction of sp³-hybridized carbons (Fsp3) is 0.486. The van der Waals surface area contributed by atoms with Crippen molar-refractivity contribution < 1.29 is 37.1 Å². The summed E-state index contributed by atoms with van der Waals surface area (Å²) in [5.74, 6) is -1.70. The number of anilines is 1. The van der Waals surface area contributed by atoms with Crippen molar-refractivity contribution in [3.63, 3.8) is 0 Å². The van der Waals surface area contributed by atoms with Crippen molar-refractivity contribution in [1.82, 2.24) is 25.2 Å². The van der Waals surface area contributed by atoms with E-state index in [0.717, 1.165) is 0 Å². The third-order valence-corrected chi connectivity index (χ3v) is 12.2. The standard InChI is InChI=1S/C37H45ClN6O8S/c1-20-17-37(20,35(48)43-53(49,50)25-11-12-25)42-32(46)28-16-24(52-33-27-15-22(38)10-13-26(27)29(51-6)18-40-33)19-44(28)34(47)30(36(2,3)4)41-23-9-7-8-21(14-23)31(45)39-5/h7-10,13-15,18,20,24-25,28,30,41H,11-12,16-17,19H2,1-6H3,(H,39,45)(H,42,46)(H,43,48)/t20-,24-,28+,30?,37-/m1/s1. The molecular formula is C37H45ClN6O8S. The molecule has 3 fully saturated rings. The second-order valence-corrected chi connectivity index (χ2v) is 17.5. The predicted molar refractivity (Wildman–Crippen MR) is 199 cm³/mol. The van der Waals surface area contributed by atoms with Gasteiger partial charge in [-0.05, 0) is 67.0 Å². The lowest BCUT2D eigenvalue weighted by molar-refractivity contribution is -0.141.